The normalized spacial score (nSPS) is 49.2. The summed E-state index contributed by atoms with van der Waals surface area (Å²) in [6.45, 7) is 0.514. The average molecular weight is 220 g/mol. The zero-order valence-electron chi connectivity index (χ0n) is 9.19. The molecule has 1 N–H and O–H groups in total. The van der Waals surface area contributed by atoms with Gasteiger partial charge in [-0.15, -0.1) is 0 Å². The number of nitrogens with one attached hydrogen (secondary N) is 1. The summed E-state index contributed by atoms with van der Waals surface area (Å²) in [5.41, 5.74) is 0. The Labute approximate surface area is 94.4 Å². The van der Waals surface area contributed by atoms with Crippen LogP contribution < -0.4 is 5.32 Å². The number of fused-ring (bicyclic) bond motifs is 5. The Morgan fingerprint density at radius 3 is 2.50 bits per heavy atom. The Morgan fingerprint density at radius 2 is 1.81 bits per heavy atom. The van der Waals surface area contributed by atoms with E-state index in [0.29, 0.717) is 12.6 Å². The van der Waals surface area contributed by atoms with E-state index in [4.69, 9.17) is 0 Å². The highest BCUT2D eigenvalue weighted by Crippen LogP contribution is 2.67. The van der Waals surface area contributed by atoms with Crippen molar-refractivity contribution in [3.63, 3.8) is 0 Å². The predicted molar refractivity (Wildman–Crippen MR) is 56.3 cm³/mol. The van der Waals surface area contributed by atoms with Crippen LogP contribution in [-0.4, -0.2) is 35.8 Å². The minimum Gasteiger partial charge on any atom is -0.345 e. The van der Waals surface area contributed by atoms with Crippen molar-refractivity contribution in [2.75, 3.05) is 13.1 Å². The van der Waals surface area contributed by atoms with Crippen molar-refractivity contribution in [2.24, 2.45) is 23.7 Å². The van der Waals surface area contributed by atoms with E-state index >= 15 is 0 Å². The van der Waals surface area contributed by atoms with Gasteiger partial charge in [-0.05, 0) is 42.9 Å². The Balaban J connectivity index is 1.55. The highest BCUT2D eigenvalue weighted by molar-refractivity contribution is 5.92. The van der Waals surface area contributed by atoms with Crippen LogP contribution in [-0.2, 0) is 9.59 Å². The van der Waals surface area contributed by atoms with Gasteiger partial charge in [-0.3, -0.25) is 9.59 Å². The topological polar surface area (TPSA) is 49.4 Å². The number of piperazine rings is 1. The zero-order valence-corrected chi connectivity index (χ0v) is 9.19. The molecule has 3 aliphatic carbocycles. The molecule has 4 rings (SSSR count). The SMILES string of the molecule is O=C1CN(C2C3C4CCC(C4)C32)C(=O)CN1. The molecule has 4 unspecified atom stereocenters. The van der Waals surface area contributed by atoms with Gasteiger partial charge < -0.3 is 10.2 Å². The van der Waals surface area contributed by atoms with Crippen LogP contribution in [0.15, 0.2) is 0 Å². The standard InChI is InChI=1S/C12H16N2O2/c15-8-5-14(9(16)4-13-8)12-10-6-1-2-7(3-6)11(10)12/h6-7,10-12H,1-5H2,(H,13,15). The Kier molecular flexibility index (Phi) is 1.57. The van der Waals surface area contributed by atoms with Crippen molar-refractivity contribution in [3.8, 4) is 0 Å². The summed E-state index contributed by atoms with van der Waals surface area (Å²) in [5.74, 6) is 3.34. The van der Waals surface area contributed by atoms with Crippen LogP contribution in [0.25, 0.3) is 0 Å². The minimum absolute atomic E-state index is 0.0110. The molecule has 4 fully saturated rings. The van der Waals surface area contributed by atoms with Crippen LogP contribution in [0.4, 0.5) is 0 Å². The van der Waals surface area contributed by atoms with Crippen LogP contribution in [0.2, 0.25) is 0 Å². The van der Waals surface area contributed by atoms with Gasteiger partial charge in [-0.1, -0.05) is 0 Å². The Bertz CT molecular complexity index is 365. The monoisotopic (exact) mass is 220 g/mol. The molecule has 1 aliphatic heterocycles. The molecule has 0 aromatic carbocycles. The lowest BCUT2D eigenvalue weighted by Crippen LogP contribution is -2.53. The maximum Gasteiger partial charge on any atom is 0.242 e. The lowest BCUT2D eigenvalue weighted by Gasteiger charge is -2.29. The second-order valence-corrected chi connectivity index (χ2v) is 5.78. The van der Waals surface area contributed by atoms with Gasteiger partial charge >= 0.3 is 0 Å². The molecule has 4 nitrogen and oxygen atoms in total. The van der Waals surface area contributed by atoms with Crippen LogP contribution in [0.3, 0.4) is 0 Å². The van der Waals surface area contributed by atoms with E-state index in [9.17, 15) is 9.59 Å². The van der Waals surface area contributed by atoms with Crippen molar-refractivity contribution >= 4 is 11.8 Å². The number of rotatable bonds is 1. The first-order valence-electron chi connectivity index (χ1n) is 6.32. The van der Waals surface area contributed by atoms with Crippen molar-refractivity contribution in [1.29, 1.82) is 0 Å². The van der Waals surface area contributed by atoms with Crippen molar-refractivity contribution in [2.45, 2.75) is 25.3 Å². The fourth-order valence-electron chi connectivity index (χ4n) is 4.54. The van der Waals surface area contributed by atoms with E-state index in [1.165, 1.54) is 19.3 Å². The van der Waals surface area contributed by atoms with Gasteiger partial charge in [0.2, 0.25) is 11.8 Å². The number of carbonyl (C=O) groups is 2. The molecular weight excluding hydrogens is 204 g/mol. The quantitative estimate of drug-likeness (QED) is 0.675. The van der Waals surface area contributed by atoms with Crippen LogP contribution in [0, 0.1) is 23.7 Å². The molecule has 4 atom stereocenters. The lowest BCUT2D eigenvalue weighted by atomic mass is 10.0. The first-order valence-corrected chi connectivity index (χ1v) is 6.32. The molecule has 1 heterocycles. The minimum atomic E-state index is 0.0110. The van der Waals surface area contributed by atoms with E-state index in [2.05, 4.69) is 5.32 Å². The van der Waals surface area contributed by atoms with Crippen LogP contribution in [0.1, 0.15) is 19.3 Å². The molecule has 2 amide bonds. The first kappa shape index (κ1) is 9.02. The Morgan fingerprint density at radius 1 is 1.12 bits per heavy atom. The highest BCUT2D eigenvalue weighted by atomic mass is 16.2. The number of hydrogen-bond acceptors (Lipinski definition) is 2. The van der Waals surface area contributed by atoms with Crippen molar-refractivity contribution < 1.29 is 9.59 Å². The van der Waals surface area contributed by atoms with Crippen molar-refractivity contribution in [1.82, 2.24) is 10.2 Å². The van der Waals surface area contributed by atoms with Crippen molar-refractivity contribution in [3.05, 3.63) is 0 Å². The fraction of sp³-hybridized carbons (Fsp3) is 0.833. The van der Waals surface area contributed by atoms with Gasteiger partial charge in [-0.2, -0.15) is 0 Å². The smallest absolute Gasteiger partial charge is 0.242 e. The molecule has 0 aromatic heterocycles. The summed E-state index contributed by atoms with van der Waals surface area (Å²) >= 11 is 0. The third-order valence-electron chi connectivity index (χ3n) is 5.13. The summed E-state index contributed by atoms with van der Waals surface area (Å²) in [7, 11) is 0. The molecule has 16 heavy (non-hydrogen) atoms. The second kappa shape index (κ2) is 2.79. The van der Waals surface area contributed by atoms with Crippen LogP contribution >= 0.6 is 0 Å². The summed E-state index contributed by atoms with van der Waals surface area (Å²) in [5, 5.41) is 2.62. The molecule has 0 radical (unpaired) electrons. The number of carbonyl (C=O) groups excluding carboxylic acids is 2. The fourth-order valence-corrected chi connectivity index (χ4v) is 4.54. The van der Waals surface area contributed by atoms with Gasteiger partial charge in [0.25, 0.3) is 0 Å². The molecule has 3 saturated carbocycles. The number of hydrogen-bond donors (Lipinski definition) is 1. The summed E-state index contributed by atoms with van der Waals surface area (Å²) < 4.78 is 0. The lowest BCUT2D eigenvalue weighted by molar-refractivity contribution is -0.141. The van der Waals surface area contributed by atoms with E-state index in [0.717, 1.165) is 23.7 Å². The number of amides is 2. The largest absolute Gasteiger partial charge is 0.345 e. The third kappa shape index (κ3) is 1.00. The second-order valence-electron chi connectivity index (χ2n) is 5.78. The summed E-state index contributed by atoms with van der Waals surface area (Å²) in [6.07, 6.45) is 4.10. The first-order chi connectivity index (χ1) is 7.75. The van der Waals surface area contributed by atoms with Gasteiger partial charge in [0.15, 0.2) is 0 Å². The molecule has 4 aliphatic rings. The molecule has 1 saturated heterocycles. The maximum atomic E-state index is 11.8. The maximum absolute atomic E-state index is 11.8. The van der Waals surface area contributed by atoms with E-state index < -0.39 is 0 Å². The molecule has 86 valence electrons. The molecular formula is C12H16N2O2. The van der Waals surface area contributed by atoms with E-state index in [1.807, 2.05) is 4.90 Å². The summed E-state index contributed by atoms with van der Waals surface area (Å²) in [4.78, 5) is 25.0. The third-order valence-corrected chi connectivity index (χ3v) is 5.13. The Hall–Kier alpha value is -1.06. The molecule has 2 bridgehead atoms. The summed E-state index contributed by atoms with van der Waals surface area (Å²) in [6, 6.07) is 0.421. The zero-order chi connectivity index (χ0) is 10.9. The molecule has 4 heteroatoms. The van der Waals surface area contributed by atoms with E-state index in [1.54, 1.807) is 0 Å². The molecule has 0 spiro atoms. The van der Waals surface area contributed by atoms with Gasteiger partial charge in [-0.25, -0.2) is 0 Å². The van der Waals surface area contributed by atoms with Crippen LogP contribution in [0.5, 0.6) is 0 Å². The van der Waals surface area contributed by atoms with Gasteiger partial charge in [0, 0.05) is 6.04 Å². The van der Waals surface area contributed by atoms with E-state index in [-0.39, 0.29) is 18.4 Å². The predicted octanol–water partition coefficient (Wildman–Crippen LogP) is -0.0107. The number of nitrogens with zero attached hydrogens (tertiary/aromatic N) is 1. The van der Waals surface area contributed by atoms with Gasteiger partial charge in [0.05, 0.1) is 13.1 Å². The average Bonchev–Trinajstić information content (AvgIpc) is 2.70. The van der Waals surface area contributed by atoms with Gasteiger partial charge in [0.1, 0.15) is 0 Å². The molecule has 0 aromatic rings. The highest BCUT2D eigenvalue weighted by Gasteiger charge is 2.67.